The van der Waals surface area contributed by atoms with Gasteiger partial charge in [0.05, 0.1) is 0 Å². The maximum Gasteiger partial charge on any atom is 0.309 e. The lowest BCUT2D eigenvalue weighted by Crippen LogP contribution is -2.43. The fourth-order valence-corrected chi connectivity index (χ4v) is 3.21. The predicted octanol–water partition coefficient (Wildman–Crippen LogP) is 1.38. The van der Waals surface area contributed by atoms with Crippen LogP contribution in [0.3, 0.4) is 0 Å². The number of piperidine rings is 1. The summed E-state index contributed by atoms with van der Waals surface area (Å²) in [5.41, 5.74) is 1.37. The molecule has 0 atom stereocenters. The summed E-state index contributed by atoms with van der Waals surface area (Å²) in [4.78, 5) is 25.5. The Kier molecular flexibility index (Phi) is 6.61. The van der Waals surface area contributed by atoms with Gasteiger partial charge in [0.15, 0.2) is 0 Å². The number of likely N-dealkylation sites (tertiary alicyclic amines) is 1. The fraction of sp³-hybridized carbons (Fsp3) is 0.500. The van der Waals surface area contributed by atoms with Gasteiger partial charge in [0.25, 0.3) is 0 Å². The molecule has 120 valence electrons. The summed E-state index contributed by atoms with van der Waals surface area (Å²) in [7, 11) is 0. The van der Waals surface area contributed by atoms with E-state index in [2.05, 4.69) is 38.9 Å². The van der Waals surface area contributed by atoms with Crippen molar-refractivity contribution in [2.24, 2.45) is 5.92 Å². The number of nitrogens with one attached hydrogen (secondary N) is 2. The summed E-state index contributed by atoms with van der Waals surface area (Å²) in [5, 5.41) is 9.49. The van der Waals surface area contributed by atoms with Crippen molar-refractivity contribution in [1.29, 1.82) is 0 Å². The Hall–Kier alpha value is -1.66. The first-order chi connectivity index (χ1) is 10.7. The predicted molar refractivity (Wildman–Crippen MR) is 88.5 cm³/mol. The number of rotatable bonds is 6. The summed E-state index contributed by atoms with van der Waals surface area (Å²) < 4.78 is 0. The van der Waals surface area contributed by atoms with E-state index in [-0.39, 0.29) is 0 Å². The van der Waals surface area contributed by atoms with Crippen molar-refractivity contribution in [1.82, 2.24) is 15.5 Å². The topological polar surface area (TPSA) is 61.4 Å². The van der Waals surface area contributed by atoms with E-state index in [1.54, 1.807) is 17.4 Å². The van der Waals surface area contributed by atoms with E-state index in [1.807, 2.05) is 0 Å². The molecule has 2 amide bonds. The van der Waals surface area contributed by atoms with Crippen LogP contribution in [0.2, 0.25) is 0 Å². The number of hydrogen-bond donors (Lipinski definition) is 2. The molecule has 0 bridgehead atoms. The number of carbonyl (C=O) groups excluding carboxylic acids is 2. The molecule has 0 unspecified atom stereocenters. The lowest BCUT2D eigenvalue weighted by atomic mass is 9.96. The minimum atomic E-state index is -0.588. The summed E-state index contributed by atoms with van der Waals surface area (Å²) in [6.07, 6.45) is 3.66. The first kappa shape index (κ1) is 16.7. The van der Waals surface area contributed by atoms with Crippen LogP contribution in [0.4, 0.5) is 0 Å². The molecule has 2 heterocycles. The van der Waals surface area contributed by atoms with Crippen LogP contribution in [0, 0.1) is 5.92 Å². The van der Waals surface area contributed by atoms with Crippen LogP contribution < -0.4 is 10.6 Å². The van der Waals surface area contributed by atoms with Gasteiger partial charge in [-0.15, -0.1) is 6.58 Å². The number of amides is 2. The number of carbonyl (C=O) groups is 2. The third-order valence-electron chi connectivity index (χ3n) is 3.86. The molecule has 1 aliphatic heterocycles. The van der Waals surface area contributed by atoms with Crippen molar-refractivity contribution in [3.05, 3.63) is 35.0 Å². The summed E-state index contributed by atoms with van der Waals surface area (Å²) in [6.45, 7) is 7.47. The van der Waals surface area contributed by atoms with Gasteiger partial charge in [-0.3, -0.25) is 14.5 Å². The first-order valence-corrected chi connectivity index (χ1v) is 8.53. The van der Waals surface area contributed by atoms with Crippen LogP contribution in [-0.2, 0) is 16.1 Å². The normalized spacial score (nSPS) is 16.2. The van der Waals surface area contributed by atoms with Crippen molar-refractivity contribution in [3.63, 3.8) is 0 Å². The average Bonchev–Trinajstić information content (AvgIpc) is 3.04. The van der Waals surface area contributed by atoms with Crippen molar-refractivity contribution < 1.29 is 9.59 Å². The summed E-state index contributed by atoms with van der Waals surface area (Å²) in [6, 6.07) is 2.17. The highest BCUT2D eigenvalue weighted by Gasteiger charge is 2.21. The Morgan fingerprint density at radius 3 is 2.68 bits per heavy atom. The van der Waals surface area contributed by atoms with Crippen LogP contribution in [-0.4, -0.2) is 42.9 Å². The fourth-order valence-electron chi connectivity index (χ4n) is 2.55. The molecule has 0 radical (unpaired) electrons. The molecule has 0 spiro atoms. The van der Waals surface area contributed by atoms with Crippen LogP contribution in [0.25, 0.3) is 0 Å². The molecule has 0 aliphatic carbocycles. The SMILES string of the molecule is C=CCNC(=O)C(=O)NCC1CCN(Cc2ccsc2)CC1. The molecule has 6 heteroatoms. The van der Waals surface area contributed by atoms with Crippen molar-refractivity contribution in [3.8, 4) is 0 Å². The highest BCUT2D eigenvalue weighted by Crippen LogP contribution is 2.19. The zero-order valence-electron chi connectivity index (χ0n) is 12.7. The molecule has 0 aromatic carbocycles. The minimum absolute atomic E-state index is 0.313. The molecular weight excluding hydrogens is 298 g/mol. The quantitative estimate of drug-likeness (QED) is 0.615. The zero-order chi connectivity index (χ0) is 15.8. The molecule has 1 aromatic heterocycles. The molecule has 1 saturated heterocycles. The van der Waals surface area contributed by atoms with Gasteiger partial charge in [0, 0.05) is 19.6 Å². The molecule has 1 aromatic rings. The molecule has 5 nitrogen and oxygen atoms in total. The Morgan fingerprint density at radius 2 is 2.05 bits per heavy atom. The van der Waals surface area contributed by atoms with E-state index < -0.39 is 11.8 Å². The largest absolute Gasteiger partial charge is 0.348 e. The first-order valence-electron chi connectivity index (χ1n) is 7.59. The van der Waals surface area contributed by atoms with Crippen molar-refractivity contribution >= 4 is 23.2 Å². The van der Waals surface area contributed by atoms with Crippen molar-refractivity contribution in [2.45, 2.75) is 19.4 Å². The number of hydrogen-bond acceptors (Lipinski definition) is 4. The molecule has 1 aliphatic rings. The van der Waals surface area contributed by atoms with E-state index >= 15 is 0 Å². The molecule has 22 heavy (non-hydrogen) atoms. The molecular formula is C16H23N3O2S. The monoisotopic (exact) mass is 321 g/mol. The van der Waals surface area contributed by atoms with Gasteiger partial charge in [-0.25, -0.2) is 0 Å². The number of thiophene rings is 1. The smallest absolute Gasteiger partial charge is 0.309 e. The molecule has 2 rings (SSSR count). The number of nitrogens with zero attached hydrogens (tertiary/aromatic N) is 1. The lowest BCUT2D eigenvalue weighted by Gasteiger charge is -2.31. The average molecular weight is 321 g/mol. The second-order valence-corrected chi connectivity index (χ2v) is 6.34. The van der Waals surface area contributed by atoms with Gasteiger partial charge >= 0.3 is 11.8 Å². The Balaban J connectivity index is 1.64. The Bertz CT molecular complexity index is 493. The highest BCUT2D eigenvalue weighted by molar-refractivity contribution is 7.07. The highest BCUT2D eigenvalue weighted by atomic mass is 32.1. The van der Waals surface area contributed by atoms with Crippen LogP contribution >= 0.6 is 11.3 Å². The minimum Gasteiger partial charge on any atom is -0.348 e. The molecule has 1 fully saturated rings. The Labute approximate surface area is 135 Å². The van der Waals surface area contributed by atoms with E-state index in [9.17, 15) is 9.59 Å². The lowest BCUT2D eigenvalue weighted by molar-refractivity contribution is -0.139. The Morgan fingerprint density at radius 1 is 1.32 bits per heavy atom. The van der Waals surface area contributed by atoms with Gasteiger partial charge in [0.1, 0.15) is 0 Å². The van der Waals surface area contributed by atoms with Gasteiger partial charge in [-0.2, -0.15) is 11.3 Å². The van der Waals surface area contributed by atoms with Gasteiger partial charge in [0.2, 0.25) is 0 Å². The maximum absolute atomic E-state index is 11.6. The summed E-state index contributed by atoms with van der Waals surface area (Å²) in [5.74, 6) is -0.688. The van der Waals surface area contributed by atoms with E-state index in [1.165, 1.54) is 5.56 Å². The van der Waals surface area contributed by atoms with Gasteiger partial charge in [-0.05, 0) is 54.2 Å². The summed E-state index contributed by atoms with van der Waals surface area (Å²) >= 11 is 1.73. The second kappa shape index (κ2) is 8.70. The maximum atomic E-state index is 11.6. The zero-order valence-corrected chi connectivity index (χ0v) is 13.5. The van der Waals surface area contributed by atoms with Gasteiger partial charge < -0.3 is 10.6 Å². The van der Waals surface area contributed by atoms with Crippen LogP contribution in [0.1, 0.15) is 18.4 Å². The van der Waals surface area contributed by atoms with E-state index in [4.69, 9.17) is 0 Å². The van der Waals surface area contributed by atoms with Crippen LogP contribution in [0.5, 0.6) is 0 Å². The third-order valence-corrected chi connectivity index (χ3v) is 4.59. The standard InChI is InChI=1S/C16H23N3O2S/c1-2-6-17-15(20)16(21)18-10-13-3-7-19(8-4-13)11-14-5-9-22-12-14/h2,5,9,12-13H,1,3-4,6-8,10-11H2,(H,17,20)(H,18,21). The molecule has 0 saturated carbocycles. The molecule has 2 N–H and O–H groups in total. The van der Waals surface area contributed by atoms with E-state index in [0.717, 1.165) is 32.5 Å². The third kappa shape index (κ3) is 5.27. The second-order valence-electron chi connectivity index (χ2n) is 5.56. The van der Waals surface area contributed by atoms with E-state index in [0.29, 0.717) is 19.0 Å². The van der Waals surface area contributed by atoms with Crippen molar-refractivity contribution in [2.75, 3.05) is 26.2 Å². The van der Waals surface area contributed by atoms with Crippen LogP contribution in [0.15, 0.2) is 29.5 Å². The van der Waals surface area contributed by atoms with Gasteiger partial charge in [-0.1, -0.05) is 6.08 Å².